The SMILES string of the molecule is CN1CCCN(C(=O)/C=C/c2ccc(-c3ccccc3)s2)CC1. The monoisotopic (exact) mass is 326 g/mol. The topological polar surface area (TPSA) is 23.6 Å². The first kappa shape index (κ1) is 16.0. The Morgan fingerprint density at radius 3 is 2.70 bits per heavy atom. The van der Waals surface area contributed by atoms with E-state index in [0.29, 0.717) is 0 Å². The van der Waals surface area contributed by atoms with Crippen LogP contribution in [0.2, 0.25) is 0 Å². The quantitative estimate of drug-likeness (QED) is 0.805. The van der Waals surface area contributed by atoms with Gasteiger partial charge in [-0.15, -0.1) is 11.3 Å². The molecule has 0 atom stereocenters. The Balaban J connectivity index is 1.64. The summed E-state index contributed by atoms with van der Waals surface area (Å²) in [4.78, 5) is 18.9. The molecule has 0 radical (unpaired) electrons. The van der Waals surface area contributed by atoms with Crippen molar-refractivity contribution in [3.05, 3.63) is 53.4 Å². The molecule has 0 unspecified atom stereocenters. The summed E-state index contributed by atoms with van der Waals surface area (Å²) < 4.78 is 0. The van der Waals surface area contributed by atoms with Crippen LogP contribution in [0.3, 0.4) is 0 Å². The van der Waals surface area contributed by atoms with E-state index in [0.717, 1.165) is 37.5 Å². The summed E-state index contributed by atoms with van der Waals surface area (Å²) in [5.41, 5.74) is 1.22. The molecule has 3 nitrogen and oxygen atoms in total. The summed E-state index contributed by atoms with van der Waals surface area (Å²) in [5.74, 6) is 0.120. The van der Waals surface area contributed by atoms with Gasteiger partial charge in [0.1, 0.15) is 0 Å². The Hall–Kier alpha value is -1.91. The number of amides is 1. The van der Waals surface area contributed by atoms with Gasteiger partial charge in [0.15, 0.2) is 0 Å². The first-order valence-corrected chi connectivity index (χ1v) is 8.85. The Kier molecular flexibility index (Phi) is 5.26. The molecular weight excluding hydrogens is 304 g/mol. The van der Waals surface area contributed by atoms with Crippen molar-refractivity contribution in [1.29, 1.82) is 0 Å². The van der Waals surface area contributed by atoms with Crippen LogP contribution in [0.5, 0.6) is 0 Å². The maximum Gasteiger partial charge on any atom is 0.246 e. The van der Waals surface area contributed by atoms with Gasteiger partial charge in [0, 0.05) is 35.5 Å². The van der Waals surface area contributed by atoms with Crippen LogP contribution in [-0.2, 0) is 4.79 Å². The maximum atomic E-state index is 12.3. The van der Waals surface area contributed by atoms with Crippen molar-refractivity contribution in [1.82, 2.24) is 9.80 Å². The molecule has 1 aromatic heterocycles. The average Bonchev–Trinajstić information content (AvgIpc) is 2.95. The van der Waals surface area contributed by atoms with Gasteiger partial charge in [0.05, 0.1) is 0 Å². The maximum absolute atomic E-state index is 12.3. The third-order valence-electron chi connectivity index (χ3n) is 4.11. The van der Waals surface area contributed by atoms with E-state index in [1.54, 1.807) is 17.4 Å². The molecule has 120 valence electrons. The molecule has 0 bridgehead atoms. The van der Waals surface area contributed by atoms with E-state index in [1.807, 2.05) is 29.2 Å². The van der Waals surface area contributed by atoms with Gasteiger partial charge in [-0.1, -0.05) is 30.3 Å². The van der Waals surface area contributed by atoms with Gasteiger partial charge < -0.3 is 9.80 Å². The number of likely N-dealkylation sites (N-methyl/N-ethyl adjacent to an activating group) is 1. The van der Waals surface area contributed by atoms with Crippen LogP contribution in [0.15, 0.2) is 48.5 Å². The van der Waals surface area contributed by atoms with Crippen molar-refractivity contribution in [2.45, 2.75) is 6.42 Å². The molecule has 0 spiro atoms. The molecule has 1 fully saturated rings. The molecule has 1 amide bonds. The van der Waals surface area contributed by atoms with Gasteiger partial charge in [0.2, 0.25) is 5.91 Å². The lowest BCUT2D eigenvalue weighted by Gasteiger charge is -2.18. The molecule has 2 heterocycles. The number of hydrogen-bond donors (Lipinski definition) is 0. The molecule has 2 aromatic rings. The Morgan fingerprint density at radius 2 is 1.87 bits per heavy atom. The molecule has 3 rings (SSSR count). The van der Waals surface area contributed by atoms with Crippen LogP contribution in [0.4, 0.5) is 0 Å². The first-order valence-electron chi connectivity index (χ1n) is 8.03. The third kappa shape index (κ3) is 4.30. The number of thiophene rings is 1. The Bertz CT molecular complexity index is 678. The summed E-state index contributed by atoms with van der Waals surface area (Å²) in [5, 5.41) is 0. The average molecular weight is 326 g/mol. The van der Waals surface area contributed by atoms with Crippen LogP contribution in [0, 0.1) is 0 Å². The number of rotatable bonds is 3. The first-order chi connectivity index (χ1) is 11.2. The predicted molar refractivity (Wildman–Crippen MR) is 97.5 cm³/mol. The van der Waals surface area contributed by atoms with Crippen LogP contribution in [0.1, 0.15) is 11.3 Å². The molecule has 4 heteroatoms. The molecular formula is C19H22N2OS. The summed E-state index contributed by atoms with van der Waals surface area (Å²) in [6.45, 7) is 3.70. The van der Waals surface area contributed by atoms with Gasteiger partial charge >= 0.3 is 0 Å². The fourth-order valence-electron chi connectivity index (χ4n) is 2.73. The number of benzene rings is 1. The van der Waals surface area contributed by atoms with Gasteiger partial charge in [-0.3, -0.25) is 4.79 Å². The van der Waals surface area contributed by atoms with Crippen molar-refractivity contribution in [3.63, 3.8) is 0 Å². The van der Waals surface area contributed by atoms with Crippen LogP contribution in [0.25, 0.3) is 16.5 Å². The molecule has 1 aromatic carbocycles. The molecule has 0 aliphatic carbocycles. The smallest absolute Gasteiger partial charge is 0.246 e. The largest absolute Gasteiger partial charge is 0.338 e. The molecule has 0 saturated carbocycles. The zero-order valence-electron chi connectivity index (χ0n) is 13.4. The predicted octanol–water partition coefficient (Wildman–Crippen LogP) is 3.59. The number of carbonyl (C=O) groups excluding carboxylic acids is 1. The third-order valence-corrected chi connectivity index (χ3v) is 5.21. The fraction of sp³-hybridized carbons (Fsp3) is 0.316. The van der Waals surface area contributed by atoms with E-state index in [4.69, 9.17) is 0 Å². The Labute approximate surface area is 141 Å². The lowest BCUT2D eigenvalue weighted by molar-refractivity contribution is -0.125. The van der Waals surface area contributed by atoms with Gasteiger partial charge in [-0.2, -0.15) is 0 Å². The highest BCUT2D eigenvalue weighted by atomic mass is 32.1. The van der Waals surface area contributed by atoms with Crippen molar-refractivity contribution >= 4 is 23.3 Å². The standard InChI is InChI=1S/C19H22N2OS/c1-20-12-5-13-21(15-14-20)19(22)11-9-17-8-10-18(23-17)16-6-3-2-4-7-16/h2-4,6-11H,5,12-15H2,1H3/b11-9+. The van der Waals surface area contributed by atoms with E-state index in [-0.39, 0.29) is 5.91 Å². The van der Waals surface area contributed by atoms with E-state index >= 15 is 0 Å². The van der Waals surface area contributed by atoms with Crippen LogP contribution in [-0.4, -0.2) is 48.9 Å². The fourth-order valence-corrected chi connectivity index (χ4v) is 3.64. The summed E-state index contributed by atoms with van der Waals surface area (Å²) in [6, 6.07) is 14.5. The molecule has 23 heavy (non-hydrogen) atoms. The van der Waals surface area contributed by atoms with Crippen molar-refractivity contribution in [3.8, 4) is 10.4 Å². The molecule has 1 saturated heterocycles. The van der Waals surface area contributed by atoms with Crippen molar-refractivity contribution in [2.75, 3.05) is 33.2 Å². The summed E-state index contributed by atoms with van der Waals surface area (Å²) in [7, 11) is 2.11. The highest BCUT2D eigenvalue weighted by Crippen LogP contribution is 2.28. The molecule has 0 N–H and O–H groups in total. The van der Waals surface area contributed by atoms with Gasteiger partial charge in [0.25, 0.3) is 0 Å². The Morgan fingerprint density at radius 1 is 1.04 bits per heavy atom. The van der Waals surface area contributed by atoms with Crippen LogP contribution < -0.4 is 0 Å². The van der Waals surface area contributed by atoms with Gasteiger partial charge in [-0.05, 0) is 43.8 Å². The van der Waals surface area contributed by atoms with E-state index < -0.39 is 0 Å². The van der Waals surface area contributed by atoms with E-state index in [1.165, 1.54) is 10.4 Å². The van der Waals surface area contributed by atoms with Crippen molar-refractivity contribution < 1.29 is 4.79 Å². The second-order valence-corrected chi connectivity index (χ2v) is 7.00. The molecule has 1 aliphatic rings. The second-order valence-electron chi connectivity index (χ2n) is 5.88. The van der Waals surface area contributed by atoms with Crippen LogP contribution >= 0.6 is 11.3 Å². The van der Waals surface area contributed by atoms with E-state index in [9.17, 15) is 4.79 Å². The van der Waals surface area contributed by atoms with E-state index in [2.05, 4.69) is 36.2 Å². The zero-order chi connectivity index (χ0) is 16.1. The number of carbonyl (C=O) groups is 1. The lowest BCUT2D eigenvalue weighted by atomic mass is 10.2. The van der Waals surface area contributed by atoms with Gasteiger partial charge in [-0.25, -0.2) is 0 Å². The molecule has 1 aliphatic heterocycles. The summed E-state index contributed by atoms with van der Waals surface area (Å²) >= 11 is 1.71. The lowest BCUT2D eigenvalue weighted by Crippen LogP contribution is -2.33. The summed E-state index contributed by atoms with van der Waals surface area (Å²) in [6.07, 6.45) is 4.70. The second kappa shape index (κ2) is 7.57. The number of hydrogen-bond acceptors (Lipinski definition) is 3. The zero-order valence-corrected chi connectivity index (χ0v) is 14.3. The normalized spacial score (nSPS) is 16.7. The highest BCUT2D eigenvalue weighted by molar-refractivity contribution is 7.16. The number of nitrogens with zero attached hydrogens (tertiary/aromatic N) is 2. The minimum atomic E-state index is 0.120. The highest BCUT2D eigenvalue weighted by Gasteiger charge is 2.15. The van der Waals surface area contributed by atoms with Crippen molar-refractivity contribution in [2.24, 2.45) is 0 Å². The minimum Gasteiger partial charge on any atom is -0.338 e. The minimum absolute atomic E-state index is 0.120.